The van der Waals surface area contributed by atoms with E-state index in [9.17, 15) is 4.79 Å². The Bertz CT molecular complexity index is 492. The number of anilines is 1. The molecule has 0 spiro atoms. The molecule has 1 aliphatic heterocycles. The Kier molecular flexibility index (Phi) is 3.67. The summed E-state index contributed by atoms with van der Waals surface area (Å²) in [7, 11) is 0. The van der Waals surface area contributed by atoms with E-state index in [-0.39, 0.29) is 17.4 Å². The molecule has 1 aromatic rings. The van der Waals surface area contributed by atoms with Gasteiger partial charge in [-0.05, 0) is 0 Å². The lowest BCUT2D eigenvalue weighted by Crippen LogP contribution is -2.56. The number of nitrogens with one attached hydrogen (secondary N) is 1. The van der Waals surface area contributed by atoms with Crippen LogP contribution in [-0.2, 0) is 10.2 Å². The van der Waals surface area contributed by atoms with Crippen molar-refractivity contribution < 1.29 is 4.79 Å². The minimum absolute atomic E-state index is 0.106. The quantitative estimate of drug-likeness (QED) is 0.844. The molecule has 2 heterocycles. The minimum atomic E-state index is -0.146. The third-order valence-electron chi connectivity index (χ3n) is 3.04. The van der Waals surface area contributed by atoms with Gasteiger partial charge < -0.3 is 10.2 Å². The zero-order chi connectivity index (χ0) is 14.2. The van der Waals surface area contributed by atoms with Crippen LogP contribution in [-0.4, -0.2) is 39.9 Å². The van der Waals surface area contributed by atoms with Crippen LogP contribution < -0.4 is 5.32 Å². The Morgan fingerprint density at radius 2 is 2.05 bits per heavy atom. The molecular formula is C13H19ClN4O. The van der Waals surface area contributed by atoms with E-state index in [0.29, 0.717) is 24.1 Å². The molecule has 6 heteroatoms. The Labute approximate surface area is 118 Å². The molecule has 1 amide bonds. The molecule has 1 aliphatic rings. The van der Waals surface area contributed by atoms with Crippen LogP contribution in [0.1, 0.15) is 33.5 Å². The highest BCUT2D eigenvalue weighted by atomic mass is 35.5. The van der Waals surface area contributed by atoms with E-state index in [2.05, 4.69) is 15.3 Å². The molecule has 0 atom stereocenters. The van der Waals surface area contributed by atoms with Crippen molar-refractivity contribution in [2.24, 2.45) is 0 Å². The lowest BCUT2D eigenvalue weighted by atomic mass is 9.96. The molecule has 1 aromatic heterocycles. The fourth-order valence-electron chi connectivity index (χ4n) is 1.86. The van der Waals surface area contributed by atoms with Crippen LogP contribution >= 0.6 is 11.6 Å². The molecule has 0 bridgehead atoms. The van der Waals surface area contributed by atoms with Crippen LogP contribution in [0.5, 0.6) is 0 Å². The number of amides is 1. The number of halogens is 1. The van der Waals surface area contributed by atoms with Crippen molar-refractivity contribution in [3.8, 4) is 0 Å². The SMILES string of the molecule is CC(=O)N1CC(Nc2cc(Cl)nc(C(C)(C)C)n2)C1. The third-order valence-corrected chi connectivity index (χ3v) is 3.24. The van der Waals surface area contributed by atoms with Gasteiger partial charge in [-0.2, -0.15) is 0 Å². The Hall–Kier alpha value is -1.36. The van der Waals surface area contributed by atoms with Crippen molar-refractivity contribution in [1.29, 1.82) is 0 Å². The van der Waals surface area contributed by atoms with Gasteiger partial charge in [-0.15, -0.1) is 0 Å². The molecule has 1 N–H and O–H groups in total. The van der Waals surface area contributed by atoms with Crippen LogP contribution in [0, 0.1) is 0 Å². The zero-order valence-corrected chi connectivity index (χ0v) is 12.5. The van der Waals surface area contributed by atoms with Crippen molar-refractivity contribution in [3.63, 3.8) is 0 Å². The van der Waals surface area contributed by atoms with E-state index in [4.69, 9.17) is 11.6 Å². The van der Waals surface area contributed by atoms with Crippen molar-refractivity contribution in [1.82, 2.24) is 14.9 Å². The number of nitrogens with zero attached hydrogens (tertiary/aromatic N) is 3. The van der Waals surface area contributed by atoms with E-state index < -0.39 is 0 Å². The maximum absolute atomic E-state index is 11.1. The van der Waals surface area contributed by atoms with Crippen molar-refractivity contribution in [2.75, 3.05) is 18.4 Å². The molecule has 19 heavy (non-hydrogen) atoms. The number of hydrogen-bond donors (Lipinski definition) is 1. The van der Waals surface area contributed by atoms with Gasteiger partial charge in [0.05, 0.1) is 6.04 Å². The Morgan fingerprint density at radius 1 is 1.42 bits per heavy atom. The molecule has 1 saturated heterocycles. The van der Waals surface area contributed by atoms with Gasteiger partial charge in [0.25, 0.3) is 0 Å². The number of hydrogen-bond acceptors (Lipinski definition) is 4. The van der Waals surface area contributed by atoms with Crippen molar-refractivity contribution >= 4 is 23.3 Å². The molecule has 1 fully saturated rings. The van der Waals surface area contributed by atoms with E-state index in [1.807, 2.05) is 20.8 Å². The number of carbonyl (C=O) groups excluding carboxylic acids is 1. The third kappa shape index (κ3) is 3.35. The molecule has 0 aliphatic carbocycles. The lowest BCUT2D eigenvalue weighted by Gasteiger charge is -2.39. The van der Waals surface area contributed by atoms with Gasteiger partial charge in [0.15, 0.2) is 0 Å². The van der Waals surface area contributed by atoms with Crippen molar-refractivity contribution in [2.45, 2.75) is 39.2 Å². The van der Waals surface area contributed by atoms with Gasteiger partial charge >= 0.3 is 0 Å². The summed E-state index contributed by atoms with van der Waals surface area (Å²) >= 11 is 6.02. The second-order valence-electron chi connectivity index (χ2n) is 5.91. The van der Waals surface area contributed by atoms with Crippen LogP contribution in [0.2, 0.25) is 5.15 Å². The smallest absolute Gasteiger partial charge is 0.219 e. The van der Waals surface area contributed by atoms with Gasteiger partial charge in [0, 0.05) is 31.5 Å². The molecule has 0 saturated carbocycles. The first-order valence-electron chi connectivity index (χ1n) is 6.33. The largest absolute Gasteiger partial charge is 0.364 e. The summed E-state index contributed by atoms with van der Waals surface area (Å²) in [6.07, 6.45) is 0. The van der Waals surface area contributed by atoms with Crippen LogP contribution in [0.25, 0.3) is 0 Å². The summed E-state index contributed by atoms with van der Waals surface area (Å²) in [5.41, 5.74) is -0.146. The standard InChI is InChI=1S/C13H19ClN4O/c1-8(19)18-6-9(7-18)15-11-5-10(14)16-12(17-11)13(2,3)4/h5,9H,6-7H2,1-4H3,(H,15,16,17). The van der Waals surface area contributed by atoms with Gasteiger partial charge in [0.2, 0.25) is 5.91 Å². The molecule has 104 valence electrons. The normalized spacial score (nSPS) is 16.2. The molecule has 2 rings (SSSR count). The average Bonchev–Trinajstić information content (AvgIpc) is 2.20. The first-order chi connectivity index (χ1) is 8.75. The van der Waals surface area contributed by atoms with E-state index >= 15 is 0 Å². The van der Waals surface area contributed by atoms with Crippen LogP contribution in [0.3, 0.4) is 0 Å². The molecule has 0 unspecified atom stereocenters. The summed E-state index contributed by atoms with van der Waals surface area (Å²) < 4.78 is 0. The number of rotatable bonds is 2. The highest BCUT2D eigenvalue weighted by Crippen LogP contribution is 2.23. The highest BCUT2D eigenvalue weighted by Gasteiger charge is 2.29. The van der Waals surface area contributed by atoms with Gasteiger partial charge in [0.1, 0.15) is 16.8 Å². The number of likely N-dealkylation sites (tertiary alicyclic amines) is 1. The van der Waals surface area contributed by atoms with Gasteiger partial charge in [-0.25, -0.2) is 9.97 Å². The summed E-state index contributed by atoms with van der Waals surface area (Å²) in [5, 5.41) is 3.72. The summed E-state index contributed by atoms with van der Waals surface area (Å²) in [5.74, 6) is 1.54. The predicted octanol–water partition coefficient (Wildman–Crippen LogP) is 2.07. The van der Waals surface area contributed by atoms with Gasteiger partial charge in [-0.1, -0.05) is 32.4 Å². The fraction of sp³-hybridized carbons (Fsp3) is 0.615. The average molecular weight is 283 g/mol. The molecular weight excluding hydrogens is 264 g/mol. The summed E-state index contributed by atoms with van der Waals surface area (Å²) in [6.45, 7) is 9.13. The van der Waals surface area contributed by atoms with E-state index in [0.717, 1.165) is 5.82 Å². The summed E-state index contributed by atoms with van der Waals surface area (Å²) in [4.78, 5) is 21.6. The van der Waals surface area contributed by atoms with E-state index in [1.165, 1.54) is 0 Å². The second kappa shape index (κ2) is 4.96. The van der Waals surface area contributed by atoms with Crippen LogP contribution in [0.15, 0.2) is 6.07 Å². The molecule has 0 radical (unpaired) electrons. The highest BCUT2D eigenvalue weighted by molar-refractivity contribution is 6.29. The fourth-order valence-corrected chi connectivity index (χ4v) is 2.05. The number of carbonyl (C=O) groups is 1. The topological polar surface area (TPSA) is 58.1 Å². The maximum atomic E-state index is 11.1. The first kappa shape index (κ1) is 14.1. The lowest BCUT2D eigenvalue weighted by molar-refractivity contribution is -0.132. The minimum Gasteiger partial charge on any atom is -0.364 e. The maximum Gasteiger partial charge on any atom is 0.219 e. The van der Waals surface area contributed by atoms with Gasteiger partial charge in [-0.3, -0.25) is 4.79 Å². The van der Waals surface area contributed by atoms with Crippen LogP contribution in [0.4, 0.5) is 5.82 Å². The number of aromatic nitrogens is 2. The Balaban J connectivity index is 2.06. The Morgan fingerprint density at radius 3 is 2.58 bits per heavy atom. The zero-order valence-electron chi connectivity index (χ0n) is 11.7. The van der Waals surface area contributed by atoms with E-state index in [1.54, 1.807) is 17.9 Å². The molecule has 5 nitrogen and oxygen atoms in total. The molecule has 0 aromatic carbocycles. The predicted molar refractivity (Wildman–Crippen MR) is 75.4 cm³/mol. The second-order valence-corrected chi connectivity index (χ2v) is 6.30. The summed E-state index contributed by atoms with van der Waals surface area (Å²) in [6, 6.07) is 1.95. The first-order valence-corrected chi connectivity index (χ1v) is 6.70. The van der Waals surface area contributed by atoms with Crippen molar-refractivity contribution in [3.05, 3.63) is 17.0 Å². The monoisotopic (exact) mass is 282 g/mol.